The summed E-state index contributed by atoms with van der Waals surface area (Å²) in [5.41, 5.74) is -0.373. The molecule has 2 N–H and O–H groups in total. The lowest BCUT2D eigenvalue weighted by Gasteiger charge is -2.24. The van der Waals surface area contributed by atoms with Crippen molar-refractivity contribution < 1.29 is 9.90 Å². The van der Waals surface area contributed by atoms with Gasteiger partial charge in [0.2, 0.25) is 5.91 Å². The number of aliphatic hydroxyl groups excluding tert-OH is 1. The Morgan fingerprint density at radius 1 is 1.54 bits per heavy atom. The molecule has 0 aliphatic heterocycles. The third-order valence-corrected chi connectivity index (χ3v) is 2.51. The second kappa shape index (κ2) is 3.29. The van der Waals surface area contributed by atoms with E-state index in [-0.39, 0.29) is 11.3 Å². The summed E-state index contributed by atoms with van der Waals surface area (Å²) < 4.78 is 0. The van der Waals surface area contributed by atoms with Crippen LogP contribution >= 0.6 is 0 Å². The molecule has 0 heterocycles. The molecule has 1 aliphatic rings. The molecule has 0 aromatic heterocycles. The lowest BCUT2D eigenvalue weighted by Crippen LogP contribution is -2.43. The SMILES string of the molecule is C[C@@H]1C[C@H]1NC(=O)C(O)C(C)(C)C. The Balaban J connectivity index is 2.39. The fourth-order valence-electron chi connectivity index (χ4n) is 1.18. The molecule has 76 valence electrons. The van der Waals surface area contributed by atoms with Crippen LogP contribution in [0.2, 0.25) is 0 Å². The van der Waals surface area contributed by atoms with E-state index in [0.29, 0.717) is 12.0 Å². The summed E-state index contributed by atoms with van der Waals surface area (Å²) in [5.74, 6) is 0.345. The minimum Gasteiger partial charge on any atom is -0.383 e. The van der Waals surface area contributed by atoms with Crippen molar-refractivity contribution in [3.05, 3.63) is 0 Å². The van der Waals surface area contributed by atoms with Gasteiger partial charge >= 0.3 is 0 Å². The first-order valence-electron chi connectivity index (χ1n) is 4.81. The molecule has 3 heteroatoms. The highest BCUT2D eigenvalue weighted by Crippen LogP contribution is 2.29. The van der Waals surface area contributed by atoms with Crippen LogP contribution in [0.3, 0.4) is 0 Å². The molecule has 0 spiro atoms. The van der Waals surface area contributed by atoms with Gasteiger partial charge in [0, 0.05) is 6.04 Å². The van der Waals surface area contributed by atoms with Gasteiger partial charge in [0.05, 0.1) is 0 Å². The minimum atomic E-state index is -0.902. The average Bonchev–Trinajstić information content (AvgIpc) is 2.63. The summed E-state index contributed by atoms with van der Waals surface area (Å²) in [5, 5.41) is 12.4. The number of hydrogen-bond donors (Lipinski definition) is 2. The largest absolute Gasteiger partial charge is 0.383 e. The highest BCUT2D eigenvalue weighted by atomic mass is 16.3. The van der Waals surface area contributed by atoms with E-state index in [1.807, 2.05) is 20.8 Å². The molecule has 1 amide bonds. The van der Waals surface area contributed by atoms with Crippen LogP contribution in [0.4, 0.5) is 0 Å². The lowest BCUT2D eigenvalue weighted by molar-refractivity contribution is -0.134. The minimum absolute atomic E-state index is 0.234. The first-order chi connectivity index (χ1) is 5.82. The van der Waals surface area contributed by atoms with E-state index in [0.717, 1.165) is 6.42 Å². The van der Waals surface area contributed by atoms with Crippen molar-refractivity contribution in [2.45, 2.75) is 46.3 Å². The Morgan fingerprint density at radius 3 is 2.31 bits per heavy atom. The maximum atomic E-state index is 11.4. The summed E-state index contributed by atoms with van der Waals surface area (Å²) in [6.45, 7) is 7.66. The molecule has 0 aromatic carbocycles. The number of aliphatic hydroxyl groups is 1. The molecule has 0 radical (unpaired) electrons. The zero-order chi connectivity index (χ0) is 10.2. The van der Waals surface area contributed by atoms with Gasteiger partial charge in [-0.2, -0.15) is 0 Å². The molecule has 13 heavy (non-hydrogen) atoms. The van der Waals surface area contributed by atoms with Crippen LogP contribution in [0, 0.1) is 11.3 Å². The number of rotatable bonds is 2. The quantitative estimate of drug-likeness (QED) is 0.672. The monoisotopic (exact) mass is 185 g/mol. The molecular formula is C10H19NO2. The van der Waals surface area contributed by atoms with Gasteiger partial charge in [-0.15, -0.1) is 0 Å². The fourth-order valence-corrected chi connectivity index (χ4v) is 1.18. The van der Waals surface area contributed by atoms with E-state index >= 15 is 0 Å². The molecule has 3 atom stereocenters. The van der Waals surface area contributed by atoms with Crippen molar-refractivity contribution in [1.29, 1.82) is 0 Å². The third-order valence-electron chi connectivity index (χ3n) is 2.51. The van der Waals surface area contributed by atoms with Crippen molar-refractivity contribution in [3.8, 4) is 0 Å². The van der Waals surface area contributed by atoms with E-state index in [9.17, 15) is 9.90 Å². The van der Waals surface area contributed by atoms with Gasteiger partial charge in [0.25, 0.3) is 0 Å². The van der Waals surface area contributed by atoms with Crippen LogP contribution in [0.1, 0.15) is 34.1 Å². The van der Waals surface area contributed by atoms with E-state index < -0.39 is 6.10 Å². The van der Waals surface area contributed by atoms with E-state index in [1.165, 1.54) is 0 Å². The Labute approximate surface area is 79.5 Å². The molecule has 1 aliphatic carbocycles. The zero-order valence-corrected chi connectivity index (χ0v) is 8.79. The maximum Gasteiger partial charge on any atom is 0.249 e. The Bertz CT molecular complexity index is 207. The topological polar surface area (TPSA) is 49.3 Å². The molecule has 3 nitrogen and oxygen atoms in total. The number of amides is 1. The zero-order valence-electron chi connectivity index (χ0n) is 8.79. The van der Waals surface area contributed by atoms with Crippen molar-refractivity contribution >= 4 is 5.91 Å². The first-order valence-corrected chi connectivity index (χ1v) is 4.81. The van der Waals surface area contributed by atoms with Crippen LogP contribution in [-0.2, 0) is 4.79 Å². The van der Waals surface area contributed by atoms with Crippen LogP contribution < -0.4 is 5.32 Å². The second-order valence-electron chi connectivity index (χ2n) is 5.10. The van der Waals surface area contributed by atoms with Crippen molar-refractivity contribution in [2.75, 3.05) is 0 Å². The summed E-state index contributed by atoms with van der Waals surface area (Å²) >= 11 is 0. The molecule has 1 unspecified atom stereocenters. The van der Waals surface area contributed by atoms with E-state index in [4.69, 9.17) is 0 Å². The normalized spacial score (nSPS) is 29.6. The van der Waals surface area contributed by atoms with Gasteiger partial charge in [0.15, 0.2) is 0 Å². The van der Waals surface area contributed by atoms with Crippen molar-refractivity contribution in [3.63, 3.8) is 0 Å². The summed E-state index contributed by atoms with van der Waals surface area (Å²) in [7, 11) is 0. The number of hydrogen-bond acceptors (Lipinski definition) is 2. The van der Waals surface area contributed by atoms with E-state index in [2.05, 4.69) is 12.2 Å². The summed E-state index contributed by atoms with van der Waals surface area (Å²) in [4.78, 5) is 11.4. The first kappa shape index (κ1) is 10.5. The molecule has 0 saturated heterocycles. The highest BCUT2D eigenvalue weighted by molar-refractivity contribution is 5.81. The molecular weight excluding hydrogens is 166 g/mol. The smallest absolute Gasteiger partial charge is 0.249 e. The predicted molar refractivity (Wildman–Crippen MR) is 51.2 cm³/mol. The average molecular weight is 185 g/mol. The van der Waals surface area contributed by atoms with Crippen LogP contribution in [0.5, 0.6) is 0 Å². The van der Waals surface area contributed by atoms with E-state index in [1.54, 1.807) is 0 Å². The van der Waals surface area contributed by atoms with Crippen molar-refractivity contribution in [2.24, 2.45) is 11.3 Å². The Morgan fingerprint density at radius 2 is 2.00 bits per heavy atom. The molecule has 0 bridgehead atoms. The predicted octanol–water partition coefficient (Wildman–Crippen LogP) is 0.918. The number of carbonyl (C=O) groups excluding carboxylic acids is 1. The summed E-state index contributed by atoms with van der Waals surface area (Å²) in [6, 6.07) is 0.296. The van der Waals surface area contributed by atoms with Crippen LogP contribution in [-0.4, -0.2) is 23.2 Å². The lowest BCUT2D eigenvalue weighted by atomic mass is 9.88. The maximum absolute atomic E-state index is 11.4. The third kappa shape index (κ3) is 2.69. The highest BCUT2D eigenvalue weighted by Gasteiger charge is 2.37. The van der Waals surface area contributed by atoms with Gasteiger partial charge in [-0.3, -0.25) is 4.79 Å². The molecule has 1 fully saturated rings. The number of carbonyl (C=O) groups is 1. The van der Waals surface area contributed by atoms with Crippen molar-refractivity contribution in [1.82, 2.24) is 5.32 Å². The van der Waals surface area contributed by atoms with Gasteiger partial charge in [-0.1, -0.05) is 27.7 Å². The van der Waals surface area contributed by atoms with Gasteiger partial charge in [0.1, 0.15) is 6.10 Å². The summed E-state index contributed by atoms with van der Waals surface area (Å²) in [6.07, 6.45) is 0.142. The Hall–Kier alpha value is -0.570. The second-order valence-corrected chi connectivity index (χ2v) is 5.10. The standard InChI is InChI=1S/C10H19NO2/c1-6-5-7(6)11-9(13)8(12)10(2,3)4/h6-8,12H,5H2,1-4H3,(H,11,13)/t6-,7-,8?/m1/s1. The number of nitrogens with one attached hydrogen (secondary N) is 1. The molecule has 1 rings (SSSR count). The van der Waals surface area contributed by atoms with Crippen LogP contribution in [0.15, 0.2) is 0 Å². The van der Waals surface area contributed by atoms with Gasteiger partial charge in [-0.25, -0.2) is 0 Å². The van der Waals surface area contributed by atoms with Gasteiger partial charge in [-0.05, 0) is 17.8 Å². The van der Waals surface area contributed by atoms with Crippen LogP contribution in [0.25, 0.3) is 0 Å². The Kier molecular flexibility index (Phi) is 2.66. The molecule has 1 saturated carbocycles. The molecule has 0 aromatic rings. The fraction of sp³-hybridized carbons (Fsp3) is 0.900. The van der Waals surface area contributed by atoms with Gasteiger partial charge < -0.3 is 10.4 Å².